The third-order valence-corrected chi connectivity index (χ3v) is 7.49. The van der Waals surface area contributed by atoms with E-state index in [-0.39, 0.29) is 28.6 Å². The Kier molecular flexibility index (Phi) is 7.68. The number of ether oxygens (including phenoxy) is 1. The summed E-state index contributed by atoms with van der Waals surface area (Å²) in [5.41, 5.74) is 0.935. The van der Waals surface area contributed by atoms with Crippen LogP contribution in [0.1, 0.15) is 54.8 Å². The first kappa shape index (κ1) is 27.1. The number of carbonyl (C=O) groups is 2. The van der Waals surface area contributed by atoms with E-state index in [4.69, 9.17) is 4.74 Å². The molecular weight excluding hydrogens is 506 g/mol. The highest BCUT2D eigenvalue weighted by atomic mass is 32.2. The number of amides is 1. The van der Waals surface area contributed by atoms with E-state index in [1.807, 2.05) is 0 Å². The first-order chi connectivity index (χ1) is 18.0. The number of pyridine rings is 2. The molecule has 0 saturated carbocycles. The summed E-state index contributed by atoms with van der Waals surface area (Å²) in [7, 11) is -4.28. The van der Waals surface area contributed by atoms with Crippen molar-refractivity contribution in [1.29, 1.82) is 0 Å². The number of hydrogen-bond acceptors (Lipinski definition) is 9. The minimum absolute atomic E-state index is 0.175. The molecule has 1 aliphatic rings. The first-order valence-corrected chi connectivity index (χ1v) is 13.8. The van der Waals surface area contributed by atoms with Gasteiger partial charge in [0.25, 0.3) is 15.9 Å². The summed E-state index contributed by atoms with van der Waals surface area (Å²) in [4.78, 5) is 35.7. The average molecular weight is 538 g/mol. The van der Waals surface area contributed by atoms with Crippen LogP contribution in [0.3, 0.4) is 0 Å². The van der Waals surface area contributed by atoms with Crippen molar-refractivity contribution in [3.05, 3.63) is 71.9 Å². The zero-order chi connectivity index (χ0) is 27.5. The number of nitrogens with one attached hydrogen (secondary N) is 2. The summed E-state index contributed by atoms with van der Waals surface area (Å²) in [6.07, 6.45) is 2.52. The topological polar surface area (TPSA) is 131 Å². The molecule has 1 aliphatic heterocycles. The molecule has 1 aromatic carbocycles. The molecule has 38 heavy (non-hydrogen) atoms. The third kappa shape index (κ3) is 5.94. The number of sulfonamides is 1. The molecular formula is C27H31N5O5S. The van der Waals surface area contributed by atoms with Crippen LogP contribution < -0.4 is 14.9 Å². The van der Waals surface area contributed by atoms with Crippen LogP contribution in [-0.2, 0) is 14.8 Å². The third-order valence-electron chi connectivity index (χ3n) is 6.25. The lowest BCUT2D eigenvalue weighted by Crippen LogP contribution is -2.41. The highest BCUT2D eigenvalue weighted by Gasteiger charge is 2.39. The summed E-state index contributed by atoms with van der Waals surface area (Å²) in [6.45, 7) is 9.02. The molecule has 1 amide bonds. The van der Waals surface area contributed by atoms with Crippen LogP contribution in [0.2, 0.25) is 0 Å². The van der Waals surface area contributed by atoms with Gasteiger partial charge in [-0.2, -0.15) is 8.42 Å². The smallest absolute Gasteiger partial charge is 0.338 e. The van der Waals surface area contributed by atoms with Gasteiger partial charge in [0.15, 0.2) is 5.03 Å². The first-order valence-electron chi connectivity index (χ1n) is 12.3. The van der Waals surface area contributed by atoms with Crippen molar-refractivity contribution in [2.75, 3.05) is 23.4 Å². The number of anilines is 3. The molecule has 200 valence electrons. The van der Waals surface area contributed by atoms with Gasteiger partial charge >= 0.3 is 5.97 Å². The quantitative estimate of drug-likeness (QED) is 0.407. The maximum atomic E-state index is 13.2. The molecule has 2 N–H and O–H groups in total. The average Bonchev–Trinajstić information content (AvgIpc) is 3.16. The van der Waals surface area contributed by atoms with Crippen molar-refractivity contribution >= 4 is 39.2 Å². The normalized spacial score (nSPS) is 16.6. The minimum Gasteiger partial charge on any atom is -0.462 e. The van der Waals surface area contributed by atoms with Crippen molar-refractivity contribution in [3.63, 3.8) is 0 Å². The Hall–Kier alpha value is -3.99. The lowest BCUT2D eigenvalue weighted by Gasteiger charge is -2.33. The molecule has 0 bridgehead atoms. The number of aromatic nitrogens is 2. The summed E-state index contributed by atoms with van der Waals surface area (Å²) in [5.74, 6) is -0.102. The van der Waals surface area contributed by atoms with Gasteiger partial charge in [-0.05, 0) is 81.6 Å². The van der Waals surface area contributed by atoms with Crippen molar-refractivity contribution in [2.24, 2.45) is 5.92 Å². The van der Waals surface area contributed by atoms with Gasteiger partial charge in [0.05, 0.1) is 17.7 Å². The Morgan fingerprint density at radius 1 is 1.11 bits per heavy atom. The van der Waals surface area contributed by atoms with Gasteiger partial charge in [0, 0.05) is 24.0 Å². The second kappa shape index (κ2) is 10.8. The minimum atomic E-state index is -4.28. The summed E-state index contributed by atoms with van der Waals surface area (Å²) < 4.78 is 33.3. The zero-order valence-electron chi connectivity index (χ0n) is 21.8. The van der Waals surface area contributed by atoms with E-state index >= 15 is 0 Å². The van der Waals surface area contributed by atoms with Crippen LogP contribution in [0.25, 0.3) is 0 Å². The van der Waals surface area contributed by atoms with Crippen molar-refractivity contribution in [1.82, 2.24) is 14.7 Å². The molecule has 3 aromatic rings. The zero-order valence-corrected chi connectivity index (χ0v) is 22.6. The van der Waals surface area contributed by atoms with Gasteiger partial charge in [-0.3, -0.25) is 4.79 Å². The van der Waals surface area contributed by atoms with Gasteiger partial charge in [-0.1, -0.05) is 13.0 Å². The molecule has 1 fully saturated rings. The molecule has 2 aromatic heterocycles. The monoisotopic (exact) mass is 537 g/mol. The summed E-state index contributed by atoms with van der Waals surface area (Å²) >= 11 is 0. The number of benzene rings is 1. The number of hydrogen-bond donors (Lipinski definition) is 2. The fraction of sp³-hybridized carbons (Fsp3) is 0.333. The fourth-order valence-electron chi connectivity index (χ4n) is 4.66. The van der Waals surface area contributed by atoms with Crippen molar-refractivity contribution < 1.29 is 22.7 Å². The van der Waals surface area contributed by atoms with Gasteiger partial charge in [-0.15, -0.1) is 0 Å². The van der Waals surface area contributed by atoms with E-state index in [9.17, 15) is 18.0 Å². The highest BCUT2D eigenvalue weighted by Crippen LogP contribution is 2.37. The standard InChI is InChI=1S/C27H31N5O5S/c1-5-37-26(34)19-11-13-20(14-12-19)29-22-9-6-10-23(30-22)38(35,36)31-25(33)21-8-7-15-28-24(21)32-17-18(2)16-27(32,3)4/h6-15,18H,5,16-17H2,1-4H3,(H,29,30)(H,31,33). The van der Waals surface area contributed by atoms with Crippen molar-refractivity contribution in [2.45, 2.75) is 44.7 Å². The van der Waals surface area contributed by atoms with E-state index in [1.54, 1.807) is 55.6 Å². The van der Waals surface area contributed by atoms with Crippen LogP contribution in [-0.4, -0.2) is 49.0 Å². The van der Waals surface area contributed by atoms with E-state index < -0.39 is 21.9 Å². The van der Waals surface area contributed by atoms with Crippen LogP contribution in [0.4, 0.5) is 17.3 Å². The van der Waals surface area contributed by atoms with E-state index in [2.05, 4.69) is 45.7 Å². The molecule has 0 aliphatic carbocycles. The predicted molar refractivity (Wildman–Crippen MR) is 144 cm³/mol. The summed E-state index contributed by atoms with van der Waals surface area (Å²) in [6, 6.07) is 14.1. The van der Waals surface area contributed by atoms with Crippen molar-refractivity contribution in [3.8, 4) is 0 Å². The van der Waals surface area contributed by atoms with Crippen LogP contribution in [0, 0.1) is 5.92 Å². The largest absolute Gasteiger partial charge is 0.462 e. The van der Waals surface area contributed by atoms with Crippen LogP contribution in [0.15, 0.2) is 65.8 Å². The Balaban J connectivity index is 1.52. The molecule has 10 nitrogen and oxygen atoms in total. The summed E-state index contributed by atoms with van der Waals surface area (Å²) in [5, 5.41) is 2.68. The molecule has 1 unspecified atom stereocenters. The van der Waals surface area contributed by atoms with Gasteiger partial charge < -0.3 is 15.0 Å². The SMILES string of the molecule is CCOC(=O)c1ccc(Nc2cccc(S(=O)(=O)NC(=O)c3cccnc3N3CC(C)CC3(C)C)n2)cc1. The molecule has 0 spiro atoms. The molecule has 4 rings (SSSR count). The molecule has 3 heterocycles. The van der Waals surface area contributed by atoms with E-state index in [1.165, 1.54) is 12.1 Å². The number of rotatable bonds is 8. The maximum absolute atomic E-state index is 13.2. The fourth-order valence-corrected chi connectivity index (χ4v) is 5.60. The molecule has 0 radical (unpaired) electrons. The van der Waals surface area contributed by atoms with Gasteiger partial charge in [0.1, 0.15) is 11.6 Å². The Morgan fingerprint density at radius 2 is 1.84 bits per heavy atom. The molecule has 11 heteroatoms. The van der Waals surface area contributed by atoms with Gasteiger partial charge in [-0.25, -0.2) is 19.5 Å². The lowest BCUT2D eigenvalue weighted by atomic mass is 9.97. The van der Waals surface area contributed by atoms with E-state index in [0.717, 1.165) is 6.42 Å². The maximum Gasteiger partial charge on any atom is 0.338 e. The molecule has 1 atom stereocenters. The number of nitrogens with zero attached hydrogens (tertiary/aromatic N) is 3. The van der Waals surface area contributed by atoms with Crippen LogP contribution in [0.5, 0.6) is 0 Å². The highest BCUT2D eigenvalue weighted by molar-refractivity contribution is 7.90. The van der Waals surface area contributed by atoms with E-state index in [0.29, 0.717) is 29.5 Å². The Morgan fingerprint density at radius 3 is 2.50 bits per heavy atom. The molecule has 1 saturated heterocycles. The van der Waals surface area contributed by atoms with Crippen LogP contribution >= 0.6 is 0 Å². The second-order valence-corrected chi connectivity index (χ2v) is 11.5. The predicted octanol–water partition coefficient (Wildman–Crippen LogP) is 4.14. The van der Waals surface area contributed by atoms with Gasteiger partial charge in [0.2, 0.25) is 0 Å². The number of esters is 1. The lowest BCUT2D eigenvalue weighted by molar-refractivity contribution is 0.0526. The number of carbonyl (C=O) groups excluding carboxylic acids is 2. The Labute approximate surface area is 222 Å². The Bertz CT molecular complexity index is 1440. The second-order valence-electron chi connectivity index (χ2n) is 9.83.